The molecule has 0 amide bonds. The fourth-order valence-corrected chi connectivity index (χ4v) is 4.40. The molecule has 0 bridgehead atoms. The molecule has 22 heavy (non-hydrogen) atoms. The number of nitrogens with zero attached hydrogens (tertiary/aromatic N) is 1. The van der Waals surface area contributed by atoms with Crippen LogP contribution >= 0.6 is 11.6 Å². The average Bonchev–Trinajstić information content (AvgIpc) is 2.43. The lowest BCUT2D eigenvalue weighted by atomic mass is 10.2. The Hall–Kier alpha value is -1.52. The van der Waals surface area contributed by atoms with Crippen LogP contribution in [0.2, 0.25) is 5.02 Å². The zero-order chi connectivity index (χ0) is 16.5. The Kier molecular flexibility index (Phi) is 4.83. The zero-order valence-electron chi connectivity index (χ0n) is 13.2. The Balaban J connectivity index is 2.59. The lowest BCUT2D eigenvalue weighted by Crippen LogP contribution is -2.31. The Labute approximate surface area is 137 Å². The zero-order valence-corrected chi connectivity index (χ0v) is 14.8. The van der Waals surface area contributed by atoms with E-state index in [0.717, 1.165) is 11.1 Å². The van der Waals surface area contributed by atoms with Crippen LogP contribution in [0.1, 0.15) is 23.6 Å². The molecule has 0 aliphatic rings. The molecule has 0 unspecified atom stereocenters. The van der Waals surface area contributed by atoms with E-state index in [1.54, 1.807) is 19.1 Å². The van der Waals surface area contributed by atoms with Crippen LogP contribution in [-0.2, 0) is 10.0 Å². The molecule has 0 saturated heterocycles. The van der Waals surface area contributed by atoms with Crippen molar-refractivity contribution in [3.8, 4) is 0 Å². The van der Waals surface area contributed by atoms with Crippen LogP contribution < -0.4 is 4.31 Å². The minimum Gasteiger partial charge on any atom is -0.267 e. The Morgan fingerprint density at radius 1 is 1.05 bits per heavy atom. The van der Waals surface area contributed by atoms with Gasteiger partial charge in [-0.3, -0.25) is 4.31 Å². The first kappa shape index (κ1) is 16.8. The maximum Gasteiger partial charge on any atom is 0.264 e. The molecule has 0 heterocycles. The molecule has 0 aliphatic carbocycles. The van der Waals surface area contributed by atoms with Gasteiger partial charge in [0, 0.05) is 11.6 Å². The molecule has 0 aromatic heterocycles. The summed E-state index contributed by atoms with van der Waals surface area (Å²) in [4.78, 5) is 0.303. The number of hydrogen-bond donors (Lipinski definition) is 0. The van der Waals surface area contributed by atoms with Crippen LogP contribution in [0.5, 0.6) is 0 Å². The van der Waals surface area contributed by atoms with Gasteiger partial charge in [-0.05, 0) is 68.7 Å². The van der Waals surface area contributed by atoms with Crippen LogP contribution in [-0.4, -0.2) is 15.0 Å². The van der Waals surface area contributed by atoms with E-state index in [4.69, 9.17) is 11.6 Å². The summed E-state index contributed by atoms with van der Waals surface area (Å²) in [6, 6.07) is 10.8. The summed E-state index contributed by atoms with van der Waals surface area (Å²) in [7, 11) is -3.62. The van der Waals surface area contributed by atoms with Crippen molar-refractivity contribution in [1.82, 2.24) is 0 Å². The van der Waals surface area contributed by atoms with Gasteiger partial charge in [-0.1, -0.05) is 23.7 Å². The second-order valence-corrected chi connectivity index (χ2v) is 7.61. The average molecular weight is 338 g/mol. The quantitative estimate of drug-likeness (QED) is 0.824. The summed E-state index contributed by atoms with van der Waals surface area (Å²) in [5.74, 6) is 0. The van der Waals surface area contributed by atoms with Gasteiger partial charge in [-0.2, -0.15) is 0 Å². The van der Waals surface area contributed by atoms with Crippen LogP contribution in [0.25, 0.3) is 0 Å². The van der Waals surface area contributed by atoms with Crippen molar-refractivity contribution < 1.29 is 8.42 Å². The van der Waals surface area contributed by atoms with Crippen LogP contribution in [0.4, 0.5) is 5.69 Å². The van der Waals surface area contributed by atoms with E-state index in [9.17, 15) is 8.42 Å². The number of rotatable bonds is 4. The molecule has 0 aliphatic heterocycles. The van der Waals surface area contributed by atoms with Gasteiger partial charge >= 0.3 is 0 Å². The number of anilines is 1. The van der Waals surface area contributed by atoms with Crippen molar-refractivity contribution in [1.29, 1.82) is 0 Å². The molecule has 5 heteroatoms. The molecule has 0 spiro atoms. The minimum atomic E-state index is -3.62. The summed E-state index contributed by atoms with van der Waals surface area (Å²) in [6.45, 7) is 7.72. The summed E-state index contributed by atoms with van der Waals surface area (Å²) < 4.78 is 27.5. The molecule has 0 saturated carbocycles. The molecule has 0 atom stereocenters. The first-order valence-electron chi connectivity index (χ1n) is 7.13. The van der Waals surface area contributed by atoms with Gasteiger partial charge in [0.25, 0.3) is 10.0 Å². The predicted molar refractivity (Wildman–Crippen MR) is 92.3 cm³/mol. The van der Waals surface area contributed by atoms with E-state index in [-0.39, 0.29) is 0 Å². The van der Waals surface area contributed by atoms with Gasteiger partial charge in [0.2, 0.25) is 0 Å². The fraction of sp³-hybridized carbons (Fsp3) is 0.294. The molecule has 0 fully saturated rings. The second kappa shape index (κ2) is 6.31. The molecule has 0 radical (unpaired) electrons. The topological polar surface area (TPSA) is 37.4 Å². The molecular formula is C17H20ClNO2S. The van der Waals surface area contributed by atoms with Gasteiger partial charge in [0.1, 0.15) is 0 Å². The highest BCUT2D eigenvalue weighted by Crippen LogP contribution is 2.29. The third-order valence-electron chi connectivity index (χ3n) is 3.60. The van der Waals surface area contributed by atoms with Crippen molar-refractivity contribution >= 4 is 27.3 Å². The van der Waals surface area contributed by atoms with E-state index in [1.165, 1.54) is 4.31 Å². The van der Waals surface area contributed by atoms with Crippen molar-refractivity contribution in [3.05, 3.63) is 58.1 Å². The van der Waals surface area contributed by atoms with E-state index >= 15 is 0 Å². The highest BCUT2D eigenvalue weighted by molar-refractivity contribution is 7.92. The van der Waals surface area contributed by atoms with Crippen molar-refractivity contribution in [2.45, 2.75) is 32.6 Å². The number of halogens is 1. The number of benzene rings is 2. The second-order valence-electron chi connectivity index (χ2n) is 5.38. The van der Waals surface area contributed by atoms with Gasteiger partial charge < -0.3 is 0 Å². The summed E-state index contributed by atoms with van der Waals surface area (Å²) in [5, 5.41) is 0.579. The summed E-state index contributed by atoms with van der Waals surface area (Å²) in [6.07, 6.45) is 0. The molecule has 2 aromatic rings. The third kappa shape index (κ3) is 3.13. The van der Waals surface area contributed by atoms with E-state index in [0.29, 0.717) is 27.7 Å². The highest BCUT2D eigenvalue weighted by Gasteiger charge is 2.26. The summed E-state index contributed by atoms with van der Waals surface area (Å²) in [5.41, 5.74) is 3.11. The number of hydrogen-bond acceptors (Lipinski definition) is 2. The molecule has 0 N–H and O–H groups in total. The molecular weight excluding hydrogens is 318 g/mol. The Morgan fingerprint density at radius 3 is 2.32 bits per heavy atom. The SMILES string of the molecule is CCN(c1cccc(C)c1)S(=O)(=O)c1cc(C)c(Cl)cc1C. The van der Waals surface area contributed by atoms with Crippen LogP contribution in [0.3, 0.4) is 0 Å². The normalized spacial score (nSPS) is 11.5. The van der Waals surface area contributed by atoms with E-state index < -0.39 is 10.0 Å². The highest BCUT2D eigenvalue weighted by atomic mass is 35.5. The first-order valence-corrected chi connectivity index (χ1v) is 8.95. The van der Waals surface area contributed by atoms with Crippen LogP contribution in [0.15, 0.2) is 41.3 Å². The standard InChI is InChI=1S/C17H20ClNO2S/c1-5-19(15-8-6-7-12(2)9-15)22(20,21)17-11-13(3)16(18)10-14(17)4/h6-11H,5H2,1-4H3. The molecule has 2 aromatic carbocycles. The Bertz CT molecular complexity index is 800. The van der Waals surface area contributed by atoms with Crippen molar-refractivity contribution in [2.24, 2.45) is 0 Å². The predicted octanol–water partition coefficient (Wildman–Crippen LogP) is 4.48. The van der Waals surface area contributed by atoms with E-state index in [1.807, 2.05) is 45.0 Å². The molecule has 3 nitrogen and oxygen atoms in total. The van der Waals surface area contributed by atoms with E-state index in [2.05, 4.69) is 0 Å². The fourth-order valence-electron chi connectivity index (χ4n) is 2.43. The lowest BCUT2D eigenvalue weighted by molar-refractivity contribution is 0.591. The number of sulfonamides is 1. The third-order valence-corrected chi connectivity index (χ3v) is 6.05. The monoisotopic (exact) mass is 337 g/mol. The minimum absolute atomic E-state index is 0.303. The number of aryl methyl sites for hydroxylation is 3. The summed E-state index contributed by atoms with van der Waals surface area (Å²) >= 11 is 6.08. The van der Waals surface area contributed by atoms with Crippen molar-refractivity contribution in [3.63, 3.8) is 0 Å². The van der Waals surface area contributed by atoms with Crippen molar-refractivity contribution in [2.75, 3.05) is 10.8 Å². The van der Waals surface area contributed by atoms with Gasteiger partial charge in [-0.15, -0.1) is 0 Å². The van der Waals surface area contributed by atoms with Gasteiger partial charge in [-0.25, -0.2) is 8.42 Å². The lowest BCUT2D eigenvalue weighted by Gasteiger charge is -2.24. The first-order chi connectivity index (χ1) is 10.3. The maximum absolute atomic E-state index is 13.0. The molecule has 118 valence electrons. The molecule has 2 rings (SSSR count). The van der Waals surface area contributed by atoms with Crippen LogP contribution in [0, 0.1) is 20.8 Å². The largest absolute Gasteiger partial charge is 0.267 e. The Morgan fingerprint density at radius 2 is 1.73 bits per heavy atom. The maximum atomic E-state index is 13.0. The smallest absolute Gasteiger partial charge is 0.264 e. The van der Waals surface area contributed by atoms with Gasteiger partial charge in [0.15, 0.2) is 0 Å². The van der Waals surface area contributed by atoms with Gasteiger partial charge in [0.05, 0.1) is 10.6 Å².